The monoisotopic (exact) mass is 248 g/mol. The van der Waals surface area contributed by atoms with Crippen LogP contribution in [0.2, 0.25) is 0 Å². The Balaban J connectivity index is 2.12. The quantitative estimate of drug-likeness (QED) is 0.866. The predicted octanol–water partition coefficient (Wildman–Crippen LogP) is 1.57. The van der Waals surface area contributed by atoms with Crippen molar-refractivity contribution in [2.24, 2.45) is 7.05 Å². The second-order valence-electron chi connectivity index (χ2n) is 4.13. The van der Waals surface area contributed by atoms with Crippen LogP contribution in [0.4, 0.5) is 4.79 Å². The van der Waals surface area contributed by atoms with E-state index in [2.05, 4.69) is 10.1 Å². The number of aromatic nitrogens is 1. The minimum absolute atomic E-state index is 0.130. The highest BCUT2D eigenvalue weighted by atomic mass is 16.5. The molecule has 5 heteroatoms. The van der Waals surface area contributed by atoms with E-state index in [4.69, 9.17) is 0 Å². The lowest BCUT2D eigenvalue weighted by atomic mass is 10.1. The summed E-state index contributed by atoms with van der Waals surface area (Å²) in [5.74, 6) is 0. The molecule has 0 aliphatic carbocycles. The lowest BCUT2D eigenvalue weighted by Gasteiger charge is -2.12. The summed E-state index contributed by atoms with van der Waals surface area (Å²) in [4.78, 5) is 10.9. The third kappa shape index (κ3) is 2.46. The minimum atomic E-state index is -0.742. The maximum atomic E-state index is 10.9. The lowest BCUT2D eigenvalue weighted by Crippen LogP contribution is -2.28. The first kappa shape index (κ1) is 12.4. The van der Waals surface area contributed by atoms with Gasteiger partial charge in [-0.15, -0.1) is 0 Å². The van der Waals surface area contributed by atoms with E-state index >= 15 is 0 Å². The van der Waals surface area contributed by atoms with Crippen LogP contribution < -0.4 is 5.32 Å². The Labute approximate surface area is 105 Å². The number of carbonyl (C=O) groups is 1. The molecular weight excluding hydrogens is 232 g/mol. The number of amides is 1. The molecule has 1 heterocycles. The van der Waals surface area contributed by atoms with Gasteiger partial charge in [-0.2, -0.15) is 0 Å². The van der Waals surface area contributed by atoms with Gasteiger partial charge in [0.2, 0.25) is 0 Å². The molecule has 0 radical (unpaired) electrons. The van der Waals surface area contributed by atoms with Crippen molar-refractivity contribution in [2.45, 2.75) is 6.10 Å². The molecule has 0 aliphatic rings. The lowest BCUT2D eigenvalue weighted by molar-refractivity contribution is 0.147. The molecule has 2 aromatic rings. The molecule has 0 spiro atoms. The van der Waals surface area contributed by atoms with Crippen molar-refractivity contribution in [1.82, 2.24) is 9.88 Å². The van der Waals surface area contributed by atoms with Gasteiger partial charge in [0.05, 0.1) is 19.8 Å². The molecule has 96 valence electrons. The van der Waals surface area contributed by atoms with Gasteiger partial charge in [0.1, 0.15) is 0 Å². The normalized spacial score (nSPS) is 12.4. The van der Waals surface area contributed by atoms with Crippen molar-refractivity contribution in [3.05, 3.63) is 36.0 Å². The van der Waals surface area contributed by atoms with Crippen molar-refractivity contribution >= 4 is 17.0 Å². The first-order chi connectivity index (χ1) is 8.61. The highest BCUT2D eigenvalue weighted by molar-refractivity contribution is 5.80. The summed E-state index contributed by atoms with van der Waals surface area (Å²) in [5, 5.41) is 13.5. The second-order valence-corrected chi connectivity index (χ2v) is 4.13. The molecule has 1 atom stereocenters. The van der Waals surface area contributed by atoms with Crippen LogP contribution in [0.25, 0.3) is 10.9 Å². The number of aryl methyl sites for hydroxylation is 1. The Morgan fingerprint density at radius 2 is 2.28 bits per heavy atom. The van der Waals surface area contributed by atoms with Crippen molar-refractivity contribution in [3.8, 4) is 0 Å². The van der Waals surface area contributed by atoms with Gasteiger partial charge >= 0.3 is 6.09 Å². The van der Waals surface area contributed by atoms with Crippen molar-refractivity contribution in [1.29, 1.82) is 0 Å². The number of hydrogen-bond acceptors (Lipinski definition) is 3. The van der Waals surface area contributed by atoms with Crippen LogP contribution in [0.15, 0.2) is 30.5 Å². The number of ether oxygens (including phenoxy) is 1. The number of nitrogens with zero attached hydrogens (tertiary/aromatic N) is 1. The first-order valence-electron chi connectivity index (χ1n) is 5.66. The molecule has 1 aromatic carbocycles. The molecule has 0 unspecified atom stereocenters. The zero-order chi connectivity index (χ0) is 13.1. The first-order valence-corrected chi connectivity index (χ1v) is 5.66. The fourth-order valence-electron chi connectivity index (χ4n) is 1.88. The van der Waals surface area contributed by atoms with Crippen LogP contribution in [0.3, 0.4) is 0 Å². The van der Waals surface area contributed by atoms with Crippen LogP contribution in [0, 0.1) is 0 Å². The van der Waals surface area contributed by atoms with Gasteiger partial charge < -0.3 is 19.7 Å². The molecule has 2 rings (SSSR count). The molecule has 0 aliphatic heterocycles. The Hall–Kier alpha value is -2.01. The number of fused-ring (bicyclic) bond motifs is 1. The summed E-state index contributed by atoms with van der Waals surface area (Å²) in [5.41, 5.74) is 1.87. The summed E-state index contributed by atoms with van der Waals surface area (Å²) >= 11 is 0. The maximum absolute atomic E-state index is 10.9. The van der Waals surface area contributed by atoms with Gasteiger partial charge in [0, 0.05) is 18.8 Å². The maximum Gasteiger partial charge on any atom is 0.406 e. The summed E-state index contributed by atoms with van der Waals surface area (Å²) in [7, 11) is 3.26. The number of alkyl carbamates (subject to hydrolysis) is 1. The Kier molecular flexibility index (Phi) is 3.53. The Bertz CT molecular complexity index is 562. The number of rotatable bonds is 3. The fourth-order valence-corrected chi connectivity index (χ4v) is 1.88. The number of nitrogens with one attached hydrogen (secondary N) is 1. The summed E-state index contributed by atoms with van der Waals surface area (Å²) in [6, 6.07) is 7.70. The average molecular weight is 248 g/mol. The zero-order valence-corrected chi connectivity index (χ0v) is 10.4. The van der Waals surface area contributed by atoms with Gasteiger partial charge in [-0.1, -0.05) is 6.07 Å². The number of carbonyl (C=O) groups excluding carboxylic acids is 1. The molecule has 0 saturated heterocycles. The molecule has 1 amide bonds. The van der Waals surface area contributed by atoms with Crippen LogP contribution in [0.1, 0.15) is 11.7 Å². The van der Waals surface area contributed by atoms with Gasteiger partial charge in [-0.25, -0.2) is 4.79 Å². The molecule has 18 heavy (non-hydrogen) atoms. The molecule has 2 N–H and O–H groups in total. The predicted molar refractivity (Wildman–Crippen MR) is 68.3 cm³/mol. The number of aliphatic hydroxyl groups excluding tert-OH is 1. The highest BCUT2D eigenvalue weighted by Crippen LogP contribution is 2.20. The van der Waals surface area contributed by atoms with Crippen molar-refractivity contribution < 1.29 is 14.6 Å². The van der Waals surface area contributed by atoms with Gasteiger partial charge in [-0.3, -0.25) is 0 Å². The Morgan fingerprint density at radius 3 is 3.00 bits per heavy atom. The summed E-state index contributed by atoms with van der Waals surface area (Å²) in [6.45, 7) is 0.130. The SMILES string of the molecule is COC(=O)NC[C@H](O)c1ccc2c(ccn2C)c1. The van der Waals surface area contributed by atoms with E-state index < -0.39 is 12.2 Å². The zero-order valence-electron chi connectivity index (χ0n) is 10.4. The second kappa shape index (κ2) is 5.10. The highest BCUT2D eigenvalue weighted by Gasteiger charge is 2.10. The molecule has 5 nitrogen and oxygen atoms in total. The van der Waals surface area contributed by atoms with E-state index in [1.54, 1.807) is 0 Å². The van der Waals surface area contributed by atoms with Crippen molar-refractivity contribution in [3.63, 3.8) is 0 Å². The van der Waals surface area contributed by atoms with Gasteiger partial charge in [-0.05, 0) is 29.1 Å². The molecule has 0 bridgehead atoms. The smallest absolute Gasteiger partial charge is 0.406 e. The minimum Gasteiger partial charge on any atom is -0.453 e. The van der Waals surface area contributed by atoms with Gasteiger partial charge in [0.15, 0.2) is 0 Å². The van der Waals surface area contributed by atoms with Crippen LogP contribution in [-0.4, -0.2) is 29.4 Å². The summed E-state index contributed by atoms with van der Waals surface area (Å²) in [6.07, 6.45) is 0.677. The average Bonchev–Trinajstić information content (AvgIpc) is 2.76. The third-order valence-corrected chi connectivity index (χ3v) is 2.92. The van der Waals surface area contributed by atoms with E-state index in [1.165, 1.54) is 7.11 Å². The number of methoxy groups -OCH3 is 1. The topological polar surface area (TPSA) is 63.5 Å². The Morgan fingerprint density at radius 1 is 1.50 bits per heavy atom. The third-order valence-electron chi connectivity index (χ3n) is 2.92. The van der Waals surface area contributed by atoms with E-state index in [0.717, 1.165) is 16.5 Å². The van der Waals surface area contributed by atoms with Gasteiger partial charge in [0.25, 0.3) is 0 Å². The van der Waals surface area contributed by atoms with E-state index in [-0.39, 0.29) is 6.54 Å². The number of aliphatic hydroxyl groups is 1. The fraction of sp³-hybridized carbons (Fsp3) is 0.308. The largest absolute Gasteiger partial charge is 0.453 e. The molecule has 0 saturated carbocycles. The van der Waals surface area contributed by atoms with Crippen LogP contribution in [0.5, 0.6) is 0 Å². The summed E-state index contributed by atoms with van der Waals surface area (Å²) < 4.78 is 6.46. The molecular formula is C13H16N2O3. The molecule has 1 aromatic heterocycles. The van der Waals surface area contributed by atoms with Crippen LogP contribution in [-0.2, 0) is 11.8 Å². The number of benzene rings is 1. The molecule has 0 fully saturated rings. The number of hydrogen-bond donors (Lipinski definition) is 2. The van der Waals surface area contributed by atoms with Crippen molar-refractivity contribution in [2.75, 3.05) is 13.7 Å². The van der Waals surface area contributed by atoms with E-state index in [9.17, 15) is 9.90 Å². The van der Waals surface area contributed by atoms with E-state index in [0.29, 0.717) is 0 Å². The van der Waals surface area contributed by atoms with Crippen LogP contribution >= 0.6 is 0 Å². The standard InChI is InChI=1S/C13H16N2O3/c1-15-6-5-9-7-10(3-4-11(9)15)12(16)8-14-13(17)18-2/h3-7,12,16H,8H2,1-2H3,(H,14,17)/t12-/m0/s1. The van der Waals surface area contributed by atoms with E-state index in [1.807, 2.05) is 42.1 Å².